The summed E-state index contributed by atoms with van der Waals surface area (Å²) < 4.78 is 7.34. The van der Waals surface area contributed by atoms with E-state index in [1.807, 2.05) is 57.2 Å². The van der Waals surface area contributed by atoms with Gasteiger partial charge in [-0.2, -0.15) is 0 Å². The van der Waals surface area contributed by atoms with Crippen molar-refractivity contribution >= 4 is 22.9 Å². The number of aromatic amines is 1. The summed E-state index contributed by atoms with van der Waals surface area (Å²) in [6.07, 6.45) is 0.510. The number of hydrogen-bond donors (Lipinski definition) is 1. The highest BCUT2D eigenvalue weighted by atomic mass is 32.2. The molecular formula is C22H21N3O3S. The van der Waals surface area contributed by atoms with Crippen molar-refractivity contribution in [1.82, 2.24) is 14.5 Å². The third-order valence-electron chi connectivity index (χ3n) is 4.64. The first-order valence-corrected chi connectivity index (χ1v) is 10.2. The van der Waals surface area contributed by atoms with Gasteiger partial charge in [0.15, 0.2) is 5.58 Å². The standard InChI is InChI=1S/C22H21N3O3S/c1-4-16-20(26)24-22(27)25(12-19-23-17-7-5-6-8-18(17)28-19)21(16)29-15-10-13(2)9-14(3)11-15/h5-11H,4,12H2,1-3H3,(H,24,26,27). The quantitative estimate of drug-likeness (QED) is 0.505. The SMILES string of the molecule is CCc1c(Sc2cc(C)cc(C)c2)n(Cc2nc3ccccc3o2)c(=O)[nH]c1=O. The van der Waals surface area contributed by atoms with E-state index in [1.165, 1.54) is 16.3 Å². The number of H-pyrrole nitrogens is 1. The second-order valence-corrected chi connectivity index (χ2v) is 8.05. The number of hydrogen-bond acceptors (Lipinski definition) is 5. The molecule has 4 rings (SSSR count). The minimum absolute atomic E-state index is 0.143. The van der Waals surface area contributed by atoms with Crippen molar-refractivity contribution in [1.29, 1.82) is 0 Å². The zero-order chi connectivity index (χ0) is 20.5. The average molecular weight is 407 g/mol. The number of nitrogens with one attached hydrogen (secondary N) is 1. The Morgan fingerprint density at radius 2 is 1.83 bits per heavy atom. The molecule has 0 amide bonds. The lowest BCUT2D eigenvalue weighted by atomic mass is 10.2. The van der Waals surface area contributed by atoms with Gasteiger partial charge in [0.05, 0.1) is 5.03 Å². The van der Waals surface area contributed by atoms with Crippen LogP contribution >= 0.6 is 11.8 Å². The van der Waals surface area contributed by atoms with Crippen LogP contribution in [0.25, 0.3) is 11.1 Å². The van der Waals surface area contributed by atoms with Gasteiger partial charge in [-0.1, -0.05) is 36.9 Å². The Morgan fingerprint density at radius 3 is 2.52 bits per heavy atom. The summed E-state index contributed by atoms with van der Waals surface area (Å²) in [6.45, 7) is 6.11. The van der Waals surface area contributed by atoms with Gasteiger partial charge >= 0.3 is 5.69 Å². The van der Waals surface area contributed by atoms with Crippen molar-refractivity contribution in [2.45, 2.75) is 43.7 Å². The van der Waals surface area contributed by atoms with E-state index in [9.17, 15) is 9.59 Å². The molecule has 0 saturated heterocycles. The molecule has 0 aliphatic rings. The van der Waals surface area contributed by atoms with E-state index >= 15 is 0 Å². The molecule has 0 bridgehead atoms. The van der Waals surface area contributed by atoms with E-state index in [4.69, 9.17) is 4.42 Å². The number of nitrogens with zero attached hydrogens (tertiary/aromatic N) is 2. The van der Waals surface area contributed by atoms with Gasteiger partial charge in [0, 0.05) is 10.5 Å². The Labute approximate surface area is 171 Å². The van der Waals surface area contributed by atoms with Crippen LogP contribution in [0.2, 0.25) is 0 Å². The fraction of sp³-hybridized carbons (Fsp3) is 0.227. The van der Waals surface area contributed by atoms with Crippen LogP contribution in [-0.4, -0.2) is 14.5 Å². The molecule has 0 radical (unpaired) electrons. The zero-order valence-electron chi connectivity index (χ0n) is 16.5. The molecule has 0 atom stereocenters. The molecule has 1 N–H and O–H groups in total. The normalized spacial score (nSPS) is 11.3. The second kappa shape index (κ2) is 7.75. The van der Waals surface area contributed by atoms with Gasteiger partial charge in [-0.05, 0) is 55.7 Å². The van der Waals surface area contributed by atoms with Gasteiger partial charge in [0.25, 0.3) is 5.56 Å². The Morgan fingerprint density at radius 1 is 1.10 bits per heavy atom. The zero-order valence-corrected chi connectivity index (χ0v) is 17.3. The molecule has 4 aromatic rings. The maximum Gasteiger partial charge on any atom is 0.329 e. The summed E-state index contributed by atoms with van der Waals surface area (Å²) in [7, 11) is 0. The summed E-state index contributed by atoms with van der Waals surface area (Å²) in [5.74, 6) is 0.421. The summed E-state index contributed by atoms with van der Waals surface area (Å²) in [5, 5.41) is 0.619. The summed E-state index contributed by atoms with van der Waals surface area (Å²) in [5.41, 5.74) is 3.41. The maximum absolute atomic E-state index is 12.7. The molecule has 2 aromatic carbocycles. The summed E-state index contributed by atoms with van der Waals surface area (Å²) in [6, 6.07) is 13.6. The van der Waals surface area contributed by atoms with E-state index in [2.05, 4.69) is 16.0 Å². The highest BCUT2D eigenvalue weighted by Crippen LogP contribution is 2.30. The summed E-state index contributed by atoms with van der Waals surface area (Å²) in [4.78, 5) is 33.0. The third kappa shape index (κ3) is 3.91. The molecule has 6 nitrogen and oxygen atoms in total. The topological polar surface area (TPSA) is 80.9 Å². The molecule has 29 heavy (non-hydrogen) atoms. The van der Waals surface area contributed by atoms with E-state index in [1.54, 1.807) is 0 Å². The van der Waals surface area contributed by atoms with Crippen LogP contribution in [0.3, 0.4) is 0 Å². The largest absolute Gasteiger partial charge is 0.439 e. The second-order valence-electron chi connectivity index (χ2n) is 6.98. The number of para-hydroxylation sites is 2. The smallest absolute Gasteiger partial charge is 0.329 e. The van der Waals surface area contributed by atoms with Crippen molar-refractivity contribution in [2.75, 3.05) is 0 Å². The third-order valence-corrected chi connectivity index (χ3v) is 5.77. The minimum atomic E-state index is -0.471. The van der Waals surface area contributed by atoms with Crippen molar-refractivity contribution in [3.05, 3.63) is 85.9 Å². The number of oxazole rings is 1. The van der Waals surface area contributed by atoms with Crippen LogP contribution in [0.4, 0.5) is 0 Å². The molecule has 7 heteroatoms. The Bertz CT molecular complexity index is 1260. The molecule has 0 aliphatic carbocycles. The fourth-order valence-corrected chi connectivity index (χ4v) is 4.72. The van der Waals surface area contributed by atoms with Crippen LogP contribution in [0.15, 0.2) is 66.4 Å². The van der Waals surface area contributed by atoms with E-state index < -0.39 is 5.69 Å². The van der Waals surface area contributed by atoms with Gasteiger partial charge in [0.2, 0.25) is 5.89 Å². The number of aromatic nitrogens is 3. The molecule has 148 valence electrons. The van der Waals surface area contributed by atoms with Gasteiger partial charge < -0.3 is 4.42 Å². The number of fused-ring (bicyclic) bond motifs is 1. The van der Waals surface area contributed by atoms with Crippen molar-refractivity contribution in [3.8, 4) is 0 Å². The first kappa shape index (κ1) is 19.3. The molecule has 0 fully saturated rings. The molecule has 0 saturated carbocycles. The van der Waals surface area contributed by atoms with Crippen molar-refractivity contribution in [2.24, 2.45) is 0 Å². The van der Waals surface area contributed by atoms with Crippen LogP contribution in [0.5, 0.6) is 0 Å². The summed E-state index contributed by atoms with van der Waals surface area (Å²) >= 11 is 1.42. The van der Waals surface area contributed by atoms with Crippen LogP contribution in [0, 0.1) is 13.8 Å². The molecule has 0 unspecified atom stereocenters. The predicted molar refractivity (Wildman–Crippen MR) is 114 cm³/mol. The van der Waals surface area contributed by atoms with E-state index in [-0.39, 0.29) is 12.1 Å². The lowest BCUT2D eigenvalue weighted by molar-refractivity contribution is 0.483. The lowest BCUT2D eigenvalue weighted by Crippen LogP contribution is -2.34. The highest BCUT2D eigenvalue weighted by Gasteiger charge is 2.18. The lowest BCUT2D eigenvalue weighted by Gasteiger charge is -2.14. The Hall–Kier alpha value is -3.06. The first-order valence-electron chi connectivity index (χ1n) is 9.41. The monoisotopic (exact) mass is 407 g/mol. The van der Waals surface area contributed by atoms with Crippen LogP contribution in [0.1, 0.15) is 29.5 Å². The van der Waals surface area contributed by atoms with Crippen molar-refractivity contribution in [3.63, 3.8) is 0 Å². The minimum Gasteiger partial charge on any atom is -0.439 e. The van der Waals surface area contributed by atoms with E-state index in [0.717, 1.165) is 21.5 Å². The molecule has 0 spiro atoms. The van der Waals surface area contributed by atoms with Gasteiger partial charge in [0.1, 0.15) is 12.1 Å². The Balaban J connectivity index is 1.83. The Kier molecular flexibility index (Phi) is 5.15. The van der Waals surface area contributed by atoms with Crippen LogP contribution in [-0.2, 0) is 13.0 Å². The number of aryl methyl sites for hydroxylation is 2. The predicted octanol–water partition coefficient (Wildman–Crippen LogP) is 4.06. The molecular weight excluding hydrogens is 386 g/mol. The van der Waals surface area contributed by atoms with Gasteiger partial charge in [-0.15, -0.1) is 0 Å². The van der Waals surface area contributed by atoms with Crippen LogP contribution < -0.4 is 11.2 Å². The highest BCUT2D eigenvalue weighted by molar-refractivity contribution is 7.99. The van der Waals surface area contributed by atoms with Crippen molar-refractivity contribution < 1.29 is 4.42 Å². The van der Waals surface area contributed by atoms with Gasteiger partial charge in [-0.25, -0.2) is 9.78 Å². The van der Waals surface area contributed by atoms with Gasteiger partial charge in [-0.3, -0.25) is 14.3 Å². The number of rotatable bonds is 5. The molecule has 2 heterocycles. The molecule has 0 aliphatic heterocycles. The first-order chi connectivity index (χ1) is 13.9. The number of benzene rings is 2. The average Bonchev–Trinajstić information content (AvgIpc) is 3.07. The molecule has 2 aromatic heterocycles. The van der Waals surface area contributed by atoms with E-state index in [0.29, 0.717) is 28.5 Å². The maximum atomic E-state index is 12.7. The fourth-order valence-electron chi connectivity index (χ4n) is 3.39.